The van der Waals surface area contributed by atoms with E-state index in [-0.39, 0.29) is 17.5 Å². The van der Waals surface area contributed by atoms with E-state index in [4.69, 9.17) is 0 Å². The monoisotopic (exact) mass is 271 g/mol. The number of carbonyl (C=O) groups is 2. The first-order valence-corrected chi connectivity index (χ1v) is 7.06. The Labute approximate surface area is 117 Å². The highest BCUT2D eigenvalue weighted by Crippen LogP contribution is 2.33. The molecule has 0 radical (unpaired) electrons. The zero-order valence-corrected chi connectivity index (χ0v) is 11.2. The van der Waals surface area contributed by atoms with Gasteiger partial charge in [-0.3, -0.25) is 14.5 Å². The molecule has 0 aromatic heterocycles. The van der Waals surface area contributed by atoms with E-state index >= 15 is 0 Å². The first-order chi connectivity index (χ1) is 9.70. The van der Waals surface area contributed by atoms with E-state index in [1.54, 1.807) is 24.3 Å². The molecule has 2 aliphatic rings. The fourth-order valence-corrected chi connectivity index (χ4v) is 3.07. The van der Waals surface area contributed by atoms with Crippen molar-refractivity contribution in [2.45, 2.75) is 38.1 Å². The Balaban J connectivity index is 1.93. The van der Waals surface area contributed by atoms with Crippen LogP contribution in [0, 0.1) is 0 Å². The van der Waals surface area contributed by atoms with Crippen LogP contribution in [0.4, 0.5) is 0 Å². The molecule has 1 saturated carbocycles. The number of imide groups is 1. The lowest BCUT2D eigenvalue weighted by Gasteiger charge is -2.29. The summed E-state index contributed by atoms with van der Waals surface area (Å²) in [7, 11) is 0. The molecule has 0 atom stereocenters. The van der Waals surface area contributed by atoms with Gasteiger partial charge in [0.15, 0.2) is 5.76 Å². The molecule has 1 fully saturated rings. The van der Waals surface area contributed by atoms with Crippen molar-refractivity contribution in [2.75, 3.05) is 0 Å². The first-order valence-electron chi connectivity index (χ1n) is 7.06. The number of hydrogen-bond acceptors (Lipinski definition) is 3. The molecular weight excluding hydrogens is 254 g/mol. The summed E-state index contributed by atoms with van der Waals surface area (Å²) >= 11 is 0. The van der Waals surface area contributed by atoms with Crippen molar-refractivity contribution in [2.24, 2.45) is 0 Å². The maximum absolute atomic E-state index is 12.5. The van der Waals surface area contributed by atoms with E-state index in [1.165, 1.54) is 4.90 Å². The van der Waals surface area contributed by atoms with Crippen LogP contribution in [-0.4, -0.2) is 27.9 Å². The fraction of sp³-hybridized carbons (Fsp3) is 0.375. The van der Waals surface area contributed by atoms with Crippen molar-refractivity contribution in [1.82, 2.24) is 4.90 Å². The quantitative estimate of drug-likeness (QED) is 0.841. The normalized spacial score (nSPS) is 20.9. The molecular formula is C16H17NO3. The van der Waals surface area contributed by atoms with Gasteiger partial charge in [0.2, 0.25) is 0 Å². The minimum atomic E-state index is -0.541. The molecule has 20 heavy (non-hydrogen) atoms. The van der Waals surface area contributed by atoms with E-state index < -0.39 is 11.7 Å². The zero-order valence-electron chi connectivity index (χ0n) is 11.2. The Morgan fingerprint density at radius 2 is 1.60 bits per heavy atom. The Hall–Kier alpha value is -2.10. The number of aliphatic hydroxyl groups excluding tert-OH is 1. The summed E-state index contributed by atoms with van der Waals surface area (Å²) < 4.78 is 0. The van der Waals surface area contributed by atoms with Crippen LogP contribution in [0.25, 0.3) is 5.57 Å². The van der Waals surface area contributed by atoms with Crippen LogP contribution in [0.5, 0.6) is 0 Å². The number of carbonyl (C=O) groups excluding carboxylic acids is 2. The summed E-state index contributed by atoms with van der Waals surface area (Å²) in [6, 6.07) is 8.82. The maximum Gasteiger partial charge on any atom is 0.296 e. The third-order valence-electron chi connectivity index (χ3n) is 4.09. The van der Waals surface area contributed by atoms with Crippen molar-refractivity contribution in [3.8, 4) is 0 Å². The van der Waals surface area contributed by atoms with Gasteiger partial charge >= 0.3 is 0 Å². The van der Waals surface area contributed by atoms with Gasteiger partial charge in [-0.1, -0.05) is 49.6 Å². The molecule has 1 heterocycles. The molecule has 1 aliphatic carbocycles. The summed E-state index contributed by atoms with van der Waals surface area (Å²) in [4.78, 5) is 26.0. The molecule has 0 saturated heterocycles. The second kappa shape index (κ2) is 5.12. The van der Waals surface area contributed by atoms with Gasteiger partial charge in [-0.2, -0.15) is 0 Å². The Morgan fingerprint density at radius 3 is 2.25 bits per heavy atom. The molecule has 104 valence electrons. The molecule has 1 aromatic carbocycles. The second-order valence-electron chi connectivity index (χ2n) is 5.36. The minimum absolute atomic E-state index is 0.0629. The van der Waals surface area contributed by atoms with Crippen LogP contribution in [0.1, 0.15) is 37.7 Å². The minimum Gasteiger partial charge on any atom is -0.502 e. The highest BCUT2D eigenvalue weighted by molar-refractivity contribution is 6.35. The van der Waals surface area contributed by atoms with E-state index in [9.17, 15) is 14.7 Å². The Bertz CT molecular complexity index is 571. The molecule has 0 spiro atoms. The average Bonchev–Trinajstić information content (AvgIpc) is 2.71. The number of aliphatic hydroxyl groups is 1. The largest absolute Gasteiger partial charge is 0.502 e. The standard InChI is InChI=1S/C16H17NO3/c18-14-13(11-7-3-1-4-8-11)15(19)17(16(14)20)12-9-5-2-6-10-12/h1,3-4,7-8,12,18H,2,5-6,9-10H2. The van der Waals surface area contributed by atoms with Crippen LogP contribution >= 0.6 is 0 Å². The van der Waals surface area contributed by atoms with Gasteiger partial charge in [0.05, 0.1) is 5.57 Å². The lowest BCUT2D eigenvalue weighted by Crippen LogP contribution is -2.42. The SMILES string of the molecule is O=C1C(O)=C(c2ccccc2)C(=O)N1C1CCCCC1. The highest BCUT2D eigenvalue weighted by Gasteiger charge is 2.42. The Kier molecular flexibility index (Phi) is 3.30. The number of nitrogens with zero attached hydrogens (tertiary/aromatic N) is 1. The van der Waals surface area contributed by atoms with Gasteiger partial charge in [-0.15, -0.1) is 0 Å². The molecule has 0 bridgehead atoms. The maximum atomic E-state index is 12.5. The topological polar surface area (TPSA) is 57.6 Å². The van der Waals surface area contributed by atoms with Gasteiger partial charge in [-0.25, -0.2) is 0 Å². The highest BCUT2D eigenvalue weighted by atomic mass is 16.3. The van der Waals surface area contributed by atoms with Crippen LogP contribution in [0.3, 0.4) is 0 Å². The zero-order chi connectivity index (χ0) is 14.1. The van der Waals surface area contributed by atoms with Crippen LogP contribution in [0.15, 0.2) is 36.1 Å². The predicted molar refractivity (Wildman–Crippen MR) is 74.7 cm³/mol. The van der Waals surface area contributed by atoms with E-state index in [1.807, 2.05) is 6.07 Å². The molecule has 3 rings (SSSR count). The smallest absolute Gasteiger partial charge is 0.296 e. The second-order valence-corrected chi connectivity index (χ2v) is 5.36. The molecule has 0 unspecified atom stereocenters. The summed E-state index contributed by atoms with van der Waals surface area (Å²) in [5, 5.41) is 10.0. The third kappa shape index (κ3) is 2.01. The summed E-state index contributed by atoms with van der Waals surface area (Å²) in [6.07, 6.45) is 4.89. The summed E-state index contributed by atoms with van der Waals surface area (Å²) in [6.45, 7) is 0. The average molecular weight is 271 g/mol. The number of amides is 2. The lowest BCUT2D eigenvalue weighted by atomic mass is 9.94. The van der Waals surface area contributed by atoms with E-state index in [2.05, 4.69) is 0 Å². The molecule has 1 N–H and O–H groups in total. The van der Waals surface area contributed by atoms with Gasteiger partial charge in [0.25, 0.3) is 11.8 Å². The van der Waals surface area contributed by atoms with Gasteiger partial charge < -0.3 is 5.11 Å². The van der Waals surface area contributed by atoms with Gasteiger partial charge in [-0.05, 0) is 18.4 Å². The van der Waals surface area contributed by atoms with E-state index in [0.29, 0.717) is 5.56 Å². The molecule has 1 aromatic rings. The van der Waals surface area contributed by atoms with Crippen molar-refractivity contribution < 1.29 is 14.7 Å². The fourth-order valence-electron chi connectivity index (χ4n) is 3.07. The predicted octanol–water partition coefficient (Wildman–Crippen LogP) is 2.66. The Morgan fingerprint density at radius 1 is 0.950 bits per heavy atom. The number of rotatable bonds is 2. The summed E-state index contributed by atoms with van der Waals surface area (Å²) in [5.41, 5.74) is 0.739. The third-order valence-corrected chi connectivity index (χ3v) is 4.09. The van der Waals surface area contributed by atoms with Crippen LogP contribution in [0.2, 0.25) is 0 Å². The lowest BCUT2D eigenvalue weighted by molar-refractivity contribution is -0.141. The van der Waals surface area contributed by atoms with E-state index in [0.717, 1.165) is 32.1 Å². The first kappa shape index (κ1) is 12.9. The molecule has 2 amide bonds. The van der Waals surface area contributed by atoms with Crippen LogP contribution < -0.4 is 0 Å². The van der Waals surface area contributed by atoms with Crippen molar-refractivity contribution >= 4 is 17.4 Å². The van der Waals surface area contributed by atoms with Gasteiger partial charge in [0.1, 0.15) is 0 Å². The van der Waals surface area contributed by atoms with Crippen LogP contribution in [-0.2, 0) is 9.59 Å². The van der Waals surface area contributed by atoms with Crippen molar-refractivity contribution in [3.05, 3.63) is 41.7 Å². The summed E-state index contributed by atoms with van der Waals surface area (Å²) in [5.74, 6) is -1.31. The number of benzene rings is 1. The molecule has 4 heteroatoms. The van der Waals surface area contributed by atoms with Gasteiger partial charge in [0, 0.05) is 6.04 Å². The van der Waals surface area contributed by atoms with Crippen molar-refractivity contribution in [1.29, 1.82) is 0 Å². The molecule has 4 nitrogen and oxygen atoms in total. The molecule has 1 aliphatic heterocycles. The number of hydrogen-bond donors (Lipinski definition) is 1. The van der Waals surface area contributed by atoms with Crippen molar-refractivity contribution in [3.63, 3.8) is 0 Å².